The normalized spacial score (nSPS) is 7.77. The summed E-state index contributed by atoms with van der Waals surface area (Å²) in [4.78, 5) is 0. The minimum Gasteiger partial charge on any atom is -0.0991 e. The first-order chi connectivity index (χ1) is 12.4. The molecule has 0 atom stereocenters. The third kappa shape index (κ3) is 17.2. The maximum atomic E-state index is 3.66. The third-order valence-corrected chi connectivity index (χ3v) is 2.86. The van der Waals surface area contributed by atoms with Crippen LogP contribution in [0.15, 0.2) is 118 Å². The first-order valence-corrected chi connectivity index (χ1v) is 8.33. The predicted molar refractivity (Wildman–Crippen MR) is 123 cm³/mol. The van der Waals surface area contributed by atoms with E-state index in [1.807, 2.05) is 49.4 Å². The third-order valence-electron chi connectivity index (χ3n) is 2.86. The van der Waals surface area contributed by atoms with Gasteiger partial charge in [-0.3, -0.25) is 0 Å². The second-order valence-corrected chi connectivity index (χ2v) is 5.25. The van der Waals surface area contributed by atoms with Gasteiger partial charge in [-0.2, -0.15) is 0 Å². The van der Waals surface area contributed by atoms with Crippen molar-refractivity contribution < 1.29 is 0 Å². The highest BCUT2D eigenvalue weighted by Gasteiger charge is 1.82. The van der Waals surface area contributed by atoms with Crippen LogP contribution in [0.5, 0.6) is 0 Å². The molecule has 0 amide bonds. The van der Waals surface area contributed by atoms with E-state index in [9.17, 15) is 0 Å². The molecule has 0 unspecified atom stereocenters. The Morgan fingerprint density at radius 3 is 1.35 bits per heavy atom. The molecule has 26 heavy (non-hydrogen) atoms. The van der Waals surface area contributed by atoms with Gasteiger partial charge in [0.05, 0.1) is 0 Å². The Kier molecular flexibility index (Phi) is 17.6. The van der Waals surface area contributed by atoms with Crippen LogP contribution in [0.2, 0.25) is 0 Å². The van der Waals surface area contributed by atoms with Crippen molar-refractivity contribution in [2.24, 2.45) is 0 Å². The fraction of sp³-hybridized carbons (Fsp3) is 0.0769. The molecule has 0 heteroatoms. The number of benzene rings is 2. The van der Waals surface area contributed by atoms with Crippen molar-refractivity contribution in [3.63, 3.8) is 0 Å². The Bertz CT molecular complexity index is 649. The topological polar surface area (TPSA) is 0 Å². The number of hydrogen-bond donors (Lipinski definition) is 0. The molecule has 0 nitrogen and oxygen atoms in total. The summed E-state index contributed by atoms with van der Waals surface area (Å²) in [6.45, 7) is 25.0. The van der Waals surface area contributed by atoms with E-state index in [4.69, 9.17) is 0 Å². The number of aryl methyl sites for hydroxylation is 1. The highest BCUT2D eigenvalue weighted by atomic mass is 13.9. The number of allylic oxidation sites excluding steroid dienone is 4. The van der Waals surface area contributed by atoms with Crippen molar-refractivity contribution in [1.82, 2.24) is 0 Å². The van der Waals surface area contributed by atoms with Crippen LogP contribution in [0, 0.1) is 6.92 Å². The van der Waals surface area contributed by atoms with Crippen LogP contribution in [0.3, 0.4) is 0 Å². The van der Waals surface area contributed by atoms with Crippen LogP contribution in [0.25, 0.3) is 12.2 Å². The molecule has 0 aliphatic rings. The van der Waals surface area contributed by atoms with Gasteiger partial charge in [-0.1, -0.05) is 136 Å². The van der Waals surface area contributed by atoms with Crippen LogP contribution in [-0.4, -0.2) is 0 Å². The molecule has 2 aromatic rings. The number of rotatable bonds is 4. The highest BCUT2D eigenvalue weighted by Crippen LogP contribution is 2.02. The summed E-state index contributed by atoms with van der Waals surface area (Å²) < 4.78 is 0. The summed E-state index contributed by atoms with van der Waals surface area (Å²) in [6, 6.07) is 18.3. The molecule has 0 spiro atoms. The van der Waals surface area contributed by atoms with Crippen molar-refractivity contribution in [2.75, 3.05) is 0 Å². The van der Waals surface area contributed by atoms with E-state index < -0.39 is 0 Å². The van der Waals surface area contributed by atoms with E-state index in [1.54, 1.807) is 18.2 Å². The molecular formula is C26H32. The Morgan fingerprint density at radius 2 is 1.08 bits per heavy atom. The van der Waals surface area contributed by atoms with Crippen molar-refractivity contribution in [3.8, 4) is 0 Å². The van der Waals surface area contributed by atoms with Gasteiger partial charge in [0.1, 0.15) is 0 Å². The summed E-state index contributed by atoms with van der Waals surface area (Å²) in [5, 5.41) is 0. The quantitative estimate of drug-likeness (QED) is 0.492. The summed E-state index contributed by atoms with van der Waals surface area (Å²) in [7, 11) is 0. The zero-order chi connectivity index (χ0) is 20.2. The van der Waals surface area contributed by atoms with Gasteiger partial charge >= 0.3 is 0 Å². The molecule has 0 heterocycles. The first kappa shape index (κ1) is 25.1. The summed E-state index contributed by atoms with van der Waals surface area (Å²) in [5.41, 5.74) is 4.67. The molecule has 0 N–H and O–H groups in total. The molecule has 0 aromatic heterocycles. The second-order valence-electron chi connectivity index (χ2n) is 5.25. The van der Waals surface area contributed by atoms with Gasteiger partial charge in [0.2, 0.25) is 0 Å². The average Bonchev–Trinajstić information content (AvgIpc) is 2.70. The molecule has 0 radical (unpaired) electrons. The zero-order valence-electron chi connectivity index (χ0n) is 16.3. The van der Waals surface area contributed by atoms with Crippen LogP contribution in [0.4, 0.5) is 0 Å². The lowest BCUT2D eigenvalue weighted by Crippen LogP contribution is -1.71. The van der Waals surface area contributed by atoms with Gasteiger partial charge in [-0.25, -0.2) is 0 Å². The molecule has 2 rings (SSSR count). The largest absolute Gasteiger partial charge is 0.0991 e. The van der Waals surface area contributed by atoms with Crippen molar-refractivity contribution in [2.45, 2.75) is 13.8 Å². The Hall–Kier alpha value is -3.12. The second kappa shape index (κ2) is 18.2. The van der Waals surface area contributed by atoms with Crippen LogP contribution < -0.4 is 0 Å². The molecule has 0 bridgehead atoms. The minimum absolute atomic E-state index is 1.02. The van der Waals surface area contributed by atoms with Gasteiger partial charge in [-0.05, 0) is 25.0 Å². The van der Waals surface area contributed by atoms with Gasteiger partial charge in [0, 0.05) is 0 Å². The van der Waals surface area contributed by atoms with Gasteiger partial charge in [-0.15, -0.1) is 0 Å². The molecule has 0 aliphatic carbocycles. The Morgan fingerprint density at radius 1 is 0.692 bits per heavy atom. The van der Waals surface area contributed by atoms with Crippen molar-refractivity contribution >= 4 is 12.2 Å². The van der Waals surface area contributed by atoms with Crippen LogP contribution >= 0.6 is 0 Å². The zero-order valence-corrected chi connectivity index (χ0v) is 16.3. The first-order valence-electron chi connectivity index (χ1n) is 8.33. The fourth-order valence-corrected chi connectivity index (χ4v) is 1.29. The Labute approximate surface area is 160 Å². The van der Waals surface area contributed by atoms with E-state index in [0.29, 0.717) is 0 Å². The van der Waals surface area contributed by atoms with E-state index in [-0.39, 0.29) is 0 Å². The van der Waals surface area contributed by atoms with E-state index in [1.165, 1.54) is 16.7 Å². The lowest BCUT2D eigenvalue weighted by Gasteiger charge is -1.91. The molecule has 0 saturated heterocycles. The van der Waals surface area contributed by atoms with E-state index in [2.05, 4.69) is 70.7 Å². The molecular weight excluding hydrogens is 312 g/mol. The van der Waals surface area contributed by atoms with Gasteiger partial charge < -0.3 is 0 Å². The summed E-state index contributed by atoms with van der Waals surface area (Å²) >= 11 is 0. The molecule has 136 valence electrons. The van der Waals surface area contributed by atoms with E-state index in [0.717, 1.165) is 5.57 Å². The van der Waals surface area contributed by atoms with Crippen LogP contribution in [-0.2, 0) is 0 Å². The lowest BCUT2D eigenvalue weighted by molar-refractivity contribution is 1.46. The summed E-state index contributed by atoms with van der Waals surface area (Å²) in [5.74, 6) is 0. The fourth-order valence-electron chi connectivity index (χ4n) is 1.29. The van der Waals surface area contributed by atoms with Crippen molar-refractivity contribution in [1.29, 1.82) is 0 Å². The lowest BCUT2D eigenvalue weighted by atomic mass is 10.2. The highest BCUT2D eigenvalue weighted by molar-refractivity contribution is 5.47. The van der Waals surface area contributed by atoms with Crippen molar-refractivity contribution in [3.05, 3.63) is 135 Å². The average molecular weight is 345 g/mol. The SMILES string of the molecule is C=CC(=C)C.C=CC=C.C=Cc1ccc(C)cc1.C=Cc1ccccc1. The van der Waals surface area contributed by atoms with Crippen LogP contribution in [0.1, 0.15) is 23.6 Å². The maximum Gasteiger partial charge on any atom is -0.0262 e. The van der Waals surface area contributed by atoms with E-state index >= 15 is 0 Å². The summed E-state index contributed by atoms with van der Waals surface area (Å²) in [6.07, 6.45) is 8.68. The monoisotopic (exact) mass is 344 g/mol. The minimum atomic E-state index is 1.02. The molecule has 0 saturated carbocycles. The smallest absolute Gasteiger partial charge is 0.0262 e. The molecule has 0 fully saturated rings. The maximum absolute atomic E-state index is 3.66. The standard InChI is InChI=1S/C9H10.C8H8.C5H8.C4H6/c1-3-9-6-4-8(2)5-7-9;1-2-8-6-4-3-5-7-8;1-4-5(2)3;1-3-4-2/h3-7H,1H2,2H3;2-7H,1H2;4H,1-2H2,3H3;3-4H,1-2H2. The predicted octanol–water partition coefficient (Wildman–Crippen LogP) is 8.07. The Balaban J connectivity index is 0. The molecule has 0 aliphatic heterocycles. The number of hydrogen-bond acceptors (Lipinski definition) is 0. The molecule has 2 aromatic carbocycles. The van der Waals surface area contributed by atoms with Gasteiger partial charge in [0.25, 0.3) is 0 Å². The van der Waals surface area contributed by atoms with Gasteiger partial charge in [0.15, 0.2) is 0 Å².